The smallest absolute Gasteiger partial charge is 0.322 e. The molecule has 0 heterocycles. The van der Waals surface area contributed by atoms with Crippen LogP contribution in [0.5, 0.6) is 0 Å². The average Bonchev–Trinajstić information content (AvgIpc) is 3.01. The highest BCUT2D eigenvalue weighted by Gasteiger charge is 2.26. The number of nitrogens with one attached hydrogen (secondary N) is 3. The summed E-state index contributed by atoms with van der Waals surface area (Å²) in [4.78, 5) is 33.8. The van der Waals surface area contributed by atoms with Crippen LogP contribution in [0.4, 0.5) is 4.79 Å². The monoisotopic (exact) mass is 261 g/mol. The van der Waals surface area contributed by atoms with Crippen molar-refractivity contribution in [2.24, 2.45) is 0 Å². The molecule has 1 aliphatic rings. The van der Waals surface area contributed by atoms with E-state index in [1.54, 1.807) is 6.92 Å². The summed E-state index contributed by atoms with van der Waals surface area (Å²) in [6.07, 6.45) is 2.04. The predicted octanol–water partition coefficient (Wildman–Crippen LogP) is 0.108. The van der Waals surface area contributed by atoms with Gasteiger partial charge < -0.3 is 10.6 Å². The maximum Gasteiger partial charge on any atom is 0.322 e. The maximum atomic E-state index is 11.5. The minimum absolute atomic E-state index is 0.0671. The molecule has 1 rings (SSSR count). The molecule has 0 spiro atoms. The van der Waals surface area contributed by atoms with Crippen molar-refractivity contribution >= 4 is 29.4 Å². The number of alkyl halides is 1. The van der Waals surface area contributed by atoms with Gasteiger partial charge in [-0.05, 0) is 19.8 Å². The number of hydrogen-bond acceptors (Lipinski definition) is 3. The number of hydrogen-bond donors (Lipinski definition) is 3. The van der Waals surface area contributed by atoms with Crippen LogP contribution in [0.25, 0.3) is 0 Å². The van der Waals surface area contributed by atoms with Gasteiger partial charge in [0.15, 0.2) is 0 Å². The minimum atomic E-state index is -0.682. The van der Waals surface area contributed by atoms with Crippen LogP contribution >= 0.6 is 11.6 Å². The summed E-state index contributed by atoms with van der Waals surface area (Å²) in [6.45, 7) is 1.56. The Morgan fingerprint density at radius 3 is 2.53 bits per heavy atom. The van der Waals surface area contributed by atoms with E-state index in [0.717, 1.165) is 12.8 Å². The van der Waals surface area contributed by atoms with E-state index in [-0.39, 0.29) is 24.2 Å². The molecule has 0 bridgehead atoms. The van der Waals surface area contributed by atoms with E-state index in [9.17, 15) is 14.4 Å². The molecule has 0 aliphatic heterocycles. The highest BCUT2D eigenvalue weighted by Crippen LogP contribution is 2.18. The van der Waals surface area contributed by atoms with E-state index in [2.05, 4.69) is 16.0 Å². The lowest BCUT2D eigenvalue weighted by molar-refractivity contribution is -0.123. The molecular weight excluding hydrogens is 246 g/mol. The molecule has 17 heavy (non-hydrogen) atoms. The summed E-state index contributed by atoms with van der Waals surface area (Å²) in [7, 11) is 0. The first kappa shape index (κ1) is 13.8. The van der Waals surface area contributed by atoms with Gasteiger partial charge in [0.1, 0.15) is 6.04 Å². The van der Waals surface area contributed by atoms with Gasteiger partial charge in [-0.15, -0.1) is 11.6 Å². The van der Waals surface area contributed by atoms with Crippen molar-refractivity contribution in [2.75, 3.05) is 5.88 Å². The Morgan fingerprint density at radius 1 is 1.35 bits per heavy atom. The van der Waals surface area contributed by atoms with E-state index >= 15 is 0 Å². The van der Waals surface area contributed by atoms with Crippen LogP contribution in [0, 0.1) is 0 Å². The molecule has 6 nitrogen and oxygen atoms in total. The zero-order chi connectivity index (χ0) is 12.8. The fraction of sp³-hybridized carbons (Fsp3) is 0.700. The van der Waals surface area contributed by atoms with Gasteiger partial charge in [-0.25, -0.2) is 4.79 Å². The highest BCUT2D eigenvalue weighted by atomic mass is 35.5. The SMILES string of the molecule is CC(NC(=O)NC(=O)CCCl)C(=O)NC1CC1. The normalized spacial score (nSPS) is 15.9. The van der Waals surface area contributed by atoms with Crippen molar-refractivity contribution in [3.8, 4) is 0 Å². The molecular formula is C10H16ClN3O3. The molecule has 0 aromatic rings. The Balaban J connectivity index is 2.23. The summed E-state index contributed by atoms with van der Waals surface area (Å²) >= 11 is 5.34. The van der Waals surface area contributed by atoms with Gasteiger partial charge in [0.25, 0.3) is 0 Å². The first-order chi connectivity index (χ1) is 8.02. The van der Waals surface area contributed by atoms with Crippen molar-refractivity contribution in [3.05, 3.63) is 0 Å². The maximum absolute atomic E-state index is 11.5. The zero-order valence-electron chi connectivity index (χ0n) is 9.59. The summed E-state index contributed by atoms with van der Waals surface area (Å²) in [6, 6.07) is -1.11. The van der Waals surface area contributed by atoms with Gasteiger partial charge in [0, 0.05) is 18.3 Å². The molecule has 0 aromatic heterocycles. The Hall–Kier alpha value is -1.30. The molecule has 0 saturated heterocycles. The summed E-state index contributed by atoms with van der Waals surface area (Å²) < 4.78 is 0. The lowest BCUT2D eigenvalue weighted by atomic mass is 10.3. The van der Waals surface area contributed by atoms with Crippen molar-refractivity contribution < 1.29 is 14.4 Å². The fourth-order valence-electron chi connectivity index (χ4n) is 1.13. The standard InChI is InChI=1S/C10H16ClN3O3/c1-6(9(16)13-7-2-3-7)12-10(17)14-8(15)4-5-11/h6-7H,2-5H2,1H3,(H,13,16)(H2,12,14,15,17). The third-order valence-corrected chi connectivity index (χ3v) is 2.43. The number of carbonyl (C=O) groups excluding carboxylic acids is 3. The predicted molar refractivity (Wildman–Crippen MR) is 62.6 cm³/mol. The van der Waals surface area contributed by atoms with Crippen molar-refractivity contribution in [1.29, 1.82) is 0 Å². The first-order valence-corrected chi connectivity index (χ1v) is 6.03. The van der Waals surface area contributed by atoms with E-state index in [0.29, 0.717) is 0 Å². The average molecular weight is 262 g/mol. The number of halogens is 1. The van der Waals surface area contributed by atoms with Crippen LogP contribution in [0.15, 0.2) is 0 Å². The molecule has 1 atom stereocenters. The minimum Gasteiger partial charge on any atom is -0.352 e. The third-order valence-electron chi connectivity index (χ3n) is 2.24. The van der Waals surface area contributed by atoms with Crippen LogP contribution < -0.4 is 16.0 Å². The molecule has 3 N–H and O–H groups in total. The fourth-order valence-corrected chi connectivity index (χ4v) is 1.30. The molecule has 1 saturated carbocycles. The molecule has 1 aliphatic carbocycles. The number of imide groups is 1. The number of amides is 4. The Kier molecular flexibility index (Phi) is 5.21. The molecule has 1 unspecified atom stereocenters. The molecule has 0 radical (unpaired) electrons. The summed E-state index contributed by atoms with van der Waals surface area (Å²) in [5.41, 5.74) is 0. The summed E-state index contributed by atoms with van der Waals surface area (Å²) in [5, 5.41) is 7.21. The van der Waals surface area contributed by atoms with Gasteiger partial charge in [-0.1, -0.05) is 0 Å². The van der Waals surface area contributed by atoms with Crippen LogP contribution in [0.3, 0.4) is 0 Å². The highest BCUT2D eigenvalue weighted by molar-refractivity contribution is 6.19. The first-order valence-electron chi connectivity index (χ1n) is 5.49. The van der Waals surface area contributed by atoms with Crippen molar-refractivity contribution in [1.82, 2.24) is 16.0 Å². The van der Waals surface area contributed by atoms with Gasteiger partial charge >= 0.3 is 6.03 Å². The van der Waals surface area contributed by atoms with Gasteiger partial charge in [0.05, 0.1) is 0 Å². The Bertz CT molecular complexity index is 318. The quantitative estimate of drug-likeness (QED) is 0.614. The second-order valence-corrected chi connectivity index (χ2v) is 4.34. The van der Waals surface area contributed by atoms with Crippen LogP contribution in [-0.2, 0) is 9.59 Å². The van der Waals surface area contributed by atoms with Crippen molar-refractivity contribution in [2.45, 2.75) is 38.3 Å². The van der Waals surface area contributed by atoms with E-state index < -0.39 is 18.0 Å². The van der Waals surface area contributed by atoms with Crippen LogP contribution in [0.1, 0.15) is 26.2 Å². The lowest BCUT2D eigenvalue weighted by Crippen LogP contribution is -2.50. The van der Waals surface area contributed by atoms with Gasteiger partial charge in [-0.3, -0.25) is 14.9 Å². The van der Waals surface area contributed by atoms with E-state index in [4.69, 9.17) is 11.6 Å². The van der Waals surface area contributed by atoms with Crippen molar-refractivity contribution in [3.63, 3.8) is 0 Å². The topological polar surface area (TPSA) is 87.3 Å². The largest absolute Gasteiger partial charge is 0.352 e. The van der Waals surface area contributed by atoms with Gasteiger partial charge in [0.2, 0.25) is 11.8 Å². The third kappa shape index (κ3) is 5.53. The zero-order valence-corrected chi connectivity index (χ0v) is 10.3. The lowest BCUT2D eigenvalue weighted by Gasteiger charge is -2.13. The molecule has 0 aromatic carbocycles. The molecule has 4 amide bonds. The van der Waals surface area contributed by atoms with Crippen LogP contribution in [-0.4, -0.2) is 35.8 Å². The number of carbonyl (C=O) groups is 3. The number of rotatable bonds is 5. The van der Waals surface area contributed by atoms with E-state index in [1.165, 1.54) is 0 Å². The second kappa shape index (κ2) is 6.44. The Labute approximate surface area is 104 Å². The van der Waals surface area contributed by atoms with Gasteiger partial charge in [-0.2, -0.15) is 0 Å². The Morgan fingerprint density at radius 2 is 2.00 bits per heavy atom. The second-order valence-electron chi connectivity index (χ2n) is 3.97. The molecule has 1 fully saturated rings. The molecule has 7 heteroatoms. The number of urea groups is 1. The van der Waals surface area contributed by atoms with E-state index in [1.807, 2.05) is 0 Å². The summed E-state index contributed by atoms with van der Waals surface area (Å²) in [5.74, 6) is -0.559. The van der Waals surface area contributed by atoms with Crippen LogP contribution in [0.2, 0.25) is 0 Å². The molecule has 96 valence electrons.